The highest BCUT2D eigenvalue weighted by Crippen LogP contribution is 2.50. The Labute approximate surface area is 217 Å². The number of aromatic amines is 1. The van der Waals surface area contributed by atoms with Gasteiger partial charge in [-0.05, 0) is 73.5 Å². The highest BCUT2D eigenvalue weighted by molar-refractivity contribution is 6.05. The molecule has 3 heterocycles. The van der Waals surface area contributed by atoms with Gasteiger partial charge in [-0.1, -0.05) is 12.1 Å². The van der Waals surface area contributed by atoms with Gasteiger partial charge in [0.2, 0.25) is 0 Å². The number of hydrogen-bond acceptors (Lipinski definition) is 7. The highest BCUT2D eigenvalue weighted by atomic mass is 16.6. The van der Waals surface area contributed by atoms with Crippen LogP contribution < -0.4 is 9.47 Å². The standard InChI is InChI=1S/C29H23N5O4/c1-29(2)25-23(18-10-12-19(13-11-18)34(35)36)24-27(30-16-17-8-14-20(37-3)15-9-17)32-33-28(24)31-26(25)21-6-4-5-7-22(21)38-29/h4-16H,1-3H3,(H,31,32,33). The van der Waals surface area contributed by atoms with Crippen LogP contribution in [0, 0.1) is 10.1 Å². The molecule has 1 aliphatic rings. The summed E-state index contributed by atoms with van der Waals surface area (Å²) in [5.74, 6) is 1.95. The van der Waals surface area contributed by atoms with Gasteiger partial charge in [-0.3, -0.25) is 15.2 Å². The second-order valence-electron chi connectivity index (χ2n) is 9.43. The summed E-state index contributed by atoms with van der Waals surface area (Å²) in [6, 6.07) is 21.8. The van der Waals surface area contributed by atoms with Crippen molar-refractivity contribution in [3.05, 3.63) is 94.0 Å². The lowest BCUT2D eigenvalue weighted by Gasteiger charge is -2.36. The van der Waals surface area contributed by atoms with E-state index in [4.69, 9.17) is 19.5 Å². The first-order valence-corrected chi connectivity index (χ1v) is 12.0. The van der Waals surface area contributed by atoms with Gasteiger partial charge >= 0.3 is 0 Å². The first-order chi connectivity index (χ1) is 18.4. The first-order valence-electron chi connectivity index (χ1n) is 12.0. The van der Waals surface area contributed by atoms with E-state index in [1.165, 1.54) is 12.1 Å². The number of nitrogens with zero attached hydrogens (tertiary/aromatic N) is 4. The Morgan fingerprint density at radius 1 is 1.05 bits per heavy atom. The quantitative estimate of drug-likeness (QED) is 0.164. The van der Waals surface area contributed by atoms with Crippen LogP contribution in [0.5, 0.6) is 11.5 Å². The molecule has 0 aliphatic carbocycles. The number of aliphatic imine (C=N–C) groups is 1. The van der Waals surface area contributed by atoms with Gasteiger partial charge in [-0.15, -0.1) is 0 Å². The van der Waals surface area contributed by atoms with E-state index in [-0.39, 0.29) is 5.69 Å². The fourth-order valence-electron chi connectivity index (χ4n) is 4.86. The fourth-order valence-corrected chi connectivity index (χ4v) is 4.86. The van der Waals surface area contributed by atoms with E-state index in [1.54, 1.807) is 25.5 Å². The van der Waals surface area contributed by atoms with Crippen molar-refractivity contribution in [2.24, 2.45) is 4.99 Å². The Morgan fingerprint density at radius 3 is 2.50 bits per heavy atom. The highest BCUT2D eigenvalue weighted by Gasteiger charge is 2.38. The molecule has 0 radical (unpaired) electrons. The van der Waals surface area contributed by atoms with Gasteiger partial charge in [0.25, 0.3) is 5.69 Å². The summed E-state index contributed by atoms with van der Waals surface area (Å²) in [6.07, 6.45) is 1.73. The van der Waals surface area contributed by atoms with Gasteiger partial charge in [-0.25, -0.2) is 9.98 Å². The minimum absolute atomic E-state index is 0.0127. The predicted molar refractivity (Wildman–Crippen MR) is 145 cm³/mol. The molecule has 188 valence electrons. The molecular formula is C29H23N5O4. The Kier molecular flexibility index (Phi) is 5.41. The number of hydrogen-bond donors (Lipinski definition) is 1. The molecular weight excluding hydrogens is 482 g/mol. The lowest BCUT2D eigenvalue weighted by Crippen LogP contribution is -2.30. The van der Waals surface area contributed by atoms with E-state index >= 15 is 0 Å². The van der Waals surface area contributed by atoms with Gasteiger partial charge in [0.15, 0.2) is 11.5 Å². The number of para-hydroxylation sites is 1. The molecule has 1 N–H and O–H groups in total. The molecule has 3 aromatic carbocycles. The number of nitrogens with one attached hydrogen (secondary N) is 1. The molecule has 38 heavy (non-hydrogen) atoms. The number of H-pyrrole nitrogens is 1. The van der Waals surface area contributed by atoms with Crippen LogP contribution in [0.25, 0.3) is 33.4 Å². The molecule has 9 heteroatoms. The van der Waals surface area contributed by atoms with Crippen LogP contribution in [0.4, 0.5) is 11.5 Å². The molecule has 5 aromatic rings. The smallest absolute Gasteiger partial charge is 0.269 e. The van der Waals surface area contributed by atoms with Crippen molar-refractivity contribution in [1.29, 1.82) is 0 Å². The number of nitro groups is 1. The first kappa shape index (κ1) is 23.4. The Hall–Kier alpha value is -5.05. The van der Waals surface area contributed by atoms with Crippen molar-refractivity contribution < 1.29 is 14.4 Å². The zero-order valence-corrected chi connectivity index (χ0v) is 20.9. The van der Waals surface area contributed by atoms with Crippen molar-refractivity contribution >= 4 is 28.8 Å². The maximum Gasteiger partial charge on any atom is 0.269 e. The molecule has 1 aliphatic heterocycles. The van der Waals surface area contributed by atoms with Crippen LogP contribution in [-0.4, -0.2) is 33.4 Å². The minimum atomic E-state index is -0.754. The lowest BCUT2D eigenvalue weighted by molar-refractivity contribution is -0.384. The fraction of sp³-hybridized carbons (Fsp3) is 0.138. The zero-order valence-electron chi connectivity index (χ0n) is 20.9. The summed E-state index contributed by atoms with van der Waals surface area (Å²) in [7, 11) is 1.62. The van der Waals surface area contributed by atoms with Gasteiger partial charge in [-0.2, -0.15) is 5.10 Å². The third kappa shape index (κ3) is 3.85. The topological polar surface area (TPSA) is 116 Å². The van der Waals surface area contributed by atoms with Crippen LogP contribution in [0.2, 0.25) is 0 Å². The maximum absolute atomic E-state index is 11.3. The van der Waals surface area contributed by atoms with E-state index in [2.05, 4.69) is 10.2 Å². The summed E-state index contributed by atoms with van der Waals surface area (Å²) in [5.41, 5.74) is 4.78. The largest absolute Gasteiger partial charge is 0.497 e. The van der Waals surface area contributed by atoms with E-state index in [9.17, 15) is 10.1 Å². The average molecular weight is 506 g/mol. The summed E-state index contributed by atoms with van der Waals surface area (Å²) in [5, 5.41) is 19.6. The van der Waals surface area contributed by atoms with E-state index in [0.717, 1.165) is 45.0 Å². The van der Waals surface area contributed by atoms with Gasteiger partial charge in [0, 0.05) is 35.0 Å². The second-order valence-corrected chi connectivity index (χ2v) is 9.43. The SMILES string of the molecule is COc1ccc(C=Nc2n[nH]c3nc4c(c(-c5ccc([N+](=O)[O-])cc5)c23)C(C)(C)Oc2ccccc2-4)cc1. The van der Waals surface area contributed by atoms with E-state index in [0.29, 0.717) is 16.9 Å². The Morgan fingerprint density at radius 2 is 1.79 bits per heavy atom. The normalized spacial score (nSPS) is 13.7. The molecule has 0 fully saturated rings. The average Bonchev–Trinajstić information content (AvgIpc) is 3.33. The van der Waals surface area contributed by atoms with Crippen molar-refractivity contribution in [3.8, 4) is 33.9 Å². The molecule has 0 amide bonds. The minimum Gasteiger partial charge on any atom is -0.497 e. The van der Waals surface area contributed by atoms with Crippen LogP contribution >= 0.6 is 0 Å². The van der Waals surface area contributed by atoms with Crippen molar-refractivity contribution in [2.75, 3.05) is 7.11 Å². The molecule has 2 aromatic heterocycles. The Balaban J connectivity index is 1.62. The summed E-state index contributed by atoms with van der Waals surface area (Å²) in [6.45, 7) is 3.98. The van der Waals surface area contributed by atoms with E-state index in [1.807, 2.05) is 62.4 Å². The number of benzene rings is 3. The van der Waals surface area contributed by atoms with Crippen LogP contribution in [-0.2, 0) is 5.60 Å². The van der Waals surface area contributed by atoms with Crippen molar-refractivity contribution in [1.82, 2.24) is 15.2 Å². The number of methoxy groups -OCH3 is 1. The molecule has 0 saturated heterocycles. The molecule has 0 bridgehead atoms. The van der Waals surface area contributed by atoms with Gasteiger partial charge in [0.1, 0.15) is 17.1 Å². The number of aromatic nitrogens is 3. The molecule has 9 nitrogen and oxygen atoms in total. The number of rotatable bonds is 5. The molecule has 6 rings (SSSR count). The van der Waals surface area contributed by atoms with Crippen molar-refractivity contribution in [2.45, 2.75) is 19.4 Å². The molecule has 0 saturated carbocycles. The maximum atomic E-state index is 11.3. The summed E-state index contributed by atoms with van der Waals surface area (Å²) >= 11 is 0. The monoisotopic (exact) mass is 505 g/mol. The zero-order chi connectivity index (χ0) is 26.4. The predicted octanol–water partition coefficient (Wildman–Crippen LogP) is 6.59. The number of pyridine rings is 1. The van der Waals surface area contributed by atoms with Crippen molar-refractivity contribution in [3.63, 3.8) is 0 Å². The third-order valence-electron chi connectivity index (χ3n) is 6.62. The number of ether oxygens (including phenoxy) is 2. The van der Waals surface area contributed by atoms with Gasteiger partial charge in [0.05, 0.1) is 23.1 Å². The van der Waals surface area contributed by atoms with Crippen LogP contribution in [0.15, 0.2) is 77.8 Å². The van der Waals surface area contributed by atoms with E-state index < -0.39 is 10.5 Å². The molecule has 0 unspecified atom stereocenters. The third-order valence-corrected chi connectivity index (χ3v) is 6.62. The number of fused-ring (bicyclic) bond motifs is 4. The van der Waals surface area contributed by atoms with Gasteiger partial charge < -0.3 is 9.47 Å². The summed E-state index contributed by atoms with van der Waals surface area (Å²) in [4.78, 5) is 20.6. The lowest BCUT2D eigenvalue weighted by atomic mass is 9.82. The number of nitro benzene ring substituents is 1. The molecule has 0 spiro atoms. The second kappa shape index (κ2) is 8.81. The molecule has 0 atom stereocenters. The summed E-state index contributed by atoms with van der Waals surface area (Å²) < 4.78 is 11.7. The number of non-ortho nitro benzene ring substituents is 1. The Bertz CT molecular complexity index is 1720. The van der Waals surface area contributed by atoms with Crippen LogP contribution in [0.3, 0.4) is 0 Å². The van der Waals surface area contributed by atoms with Crippen LogP contribution in [0.1, 0.15) is 25.0 Å².